The van der Waals surface area contributed by atoms with E-state index < -0.39 is 35.2 Å². The number of benzene rings is 3. The van der Waals surface area contributed by atoms with Crippen LogP contribution in [-0.4, -0.2) is 81.8 Å². The summed E-state index contributed by atoms with van der Waals surface area (Å²) in [5, 5.41) is 15.2. The summed E-state index contributed by atoms with van der Waals surface area (Å²) in [5.41, 5.74) is 8.97. The maximum Gasteiger partial charge on any atom is 0.352 e. The third kappa shape index (κ3) is 6.92. The van der Waals surface area contributed by atoms with Gasteiger partial charge in [0.2, 0.25) is 11.8 Å². The standard InChI is InChI=1S/C41H42F2N10O4/c42-41(43)31-20-28(12-15-32(31)52(40(41)56)33-16-17-34(54)49-39(33)55)51-21-26(22-51)46-19-18-45-25-8-10-27(11-9-25)53-38-35(37(44)47-23-48-38)36(50-53)24-6-13-30(14-7-24)57-29-4-2-1-3-5-29/h1-7,12-15,20,23,25-27,33,45-46H,8-11,16-19,21-22H2,(H2,44,47,48)(H,49,54,55). The van der Waals surface area contributed by atoms with Crippen molar-refractivity contribution in [2.45, 2.75) is 68.6 Å². The molecule has 3 aliphatic heterocycles. The second-order valence-corrected chi connectivity index (χ2v) is 15.1. The number of nitrogens with one attached hydrogen (secondary N) is 3. The number of nitrogens with zero attached hydrogens (tertiary/aromatic N) is 6. The summed E-state index contributed by atoms with van der Waals surface area (Å²) < 4.78 is 38.4. The summed E-state index contributed by atoms with van der Waals surface area (Å²) in [6, 6.07) is 21.5. The van der Waals surface area contributed by atoms with Crippen molar-refractivity contribution in [2.75, 3.05) is 41.7 Å². The SMILES string of the molecule is Nc1ncnc2c1c(-c1ccc(Oc3ccccc3)cc1)nn2C1CCC(NCCNC2CN(c3ccc4c(c3)C(F)(F)C(=O)N4C3CCC(=O)NC3=O)C2)CC1. The molecule has 0 spiro atoms. The molecule has 0 bridgehead atoms. The smallest absolute Gasteiger partial charge is 0.352 e. The molecule has 14 nitrogen and oxygen atoms in total. The third-order valence-electron chi connectivity index (χ3n) is 11.5. The highest BCUT2D eigenvalue weighted by Crippen LogP contribution is 2.47. The van der Waals surface area contributed by atoms with Crippen molar-refractivity contribution in [3.8, 4) is 22.8 Å². The Balaban J connectivity index is 0.755. The van der Waals surface area contributed by atoms with Gasteiger partial charge in [-0.3, -0.25) is 24.6 Å². The maximum absolute atomic E-state index is 15.2. The molecule has 4 aliphatic rings. The second kappa shape index (κ2) is 14.8. The van der Waals surface area contributed by atoms with Gasteiger partial charge >= 0.3 is 11.8 Å². The Labute approximate surface area is 326 Å². The van der Waals surface area contributed by atoms with Crippen LogP contribution in [0.25, 0.3) is 22.3 Å². The minimum Gasteiger partial charge on any atom is -0.457 e. The molecule has 3 fully saturated rings. The first-order chi connectivity index (χ1) is 27.6. The number of halogens is 2. The first-order valence-electron chi connectivity index (χ1n) is 19.4. The number of para-hydroxylation sites is 1. The van der Waals surface area contributed by atoms with E-state index in [4.69, 9.17) is 15.6 Å². The Morgan fingerprint density at radius 1 is 0.860 bits per heavy atom. The number of nitrogen functional groups attached to an aromatic ring is 1. The van der Waals surface area contributed by atoms with Crippen LogP contribution in [0.3, 0.4) is 0 Å². The largest absolute Gasteiger partial charge is 0.457 e. The minimum absolute atomic E-state index is 0.00193. The van der Waals surface area contributed by atoms with E-state index in [2.05, 4.69) is 25.9 Å². The fraction of sp³-hybridized carbons (Fsp3) is 0.366. The molecule has 9 rings (SSSR count). The van der Waals surface area contributed by atoms with E-state index in [1.54, 1.807) is 6.07 Å². The highest BCUT2D eigenvalue weighted by molar-refractivity contribution is 6.12. The van der Waals surface area contributed by atoms with Crippen molar-refractivity contribution >= 4 is 45.9 Å². The molecule has 5 heterocycles. The molecule has 1 saturated carbocycles. The van der Waals surface area contributed by atoms with Gasteiger partial charge in [0.05, 0.1) is 22.7 Å². The van der Waals surface area contributed by atoms with E-state index in [1.807, 2.05) is 64.2 Å². The number of ether oxygens (including phenoxy) is 1. The van der Waals surface area contributed by atoms with Crippen molar-refractivity contribution in [3.05, 3.63) is 84.7 Å². The van der Waals surface area contributed by atoms with Crippen LogP contribution in [0.5, 0.6) is 11.5 Å². The lowest BCUT2D eigenvalue weighted by Crippen LogP contribution is -2.59. The topological polar surface area (TPSA) is 173 Å². The molecule has 16 heteroatoms. The number of nitrogens with two attached hydrogens (primary N) is 1. The van der Waals surface area contributed by atoms with Gasteiger partial charge in [-0.25, -0.2) is 14.6 Å². The number of hydrogen-bond acceptors (Lipinski definition) is 11. The number of anilines is 3. The van der Waals surface area contributed by atoms with Crippen LogP contribution in [0.2, 0.25) is 0 Å². The molecule has 57 heavy (non-hydrogen) atoms. The molecular formula is C41H42F2N10O4. The summed E-state index contributed by atoms with van der Waals surface area (Å²) >= 11 is 0. The number of aromatic nitrogens is 4. The monoisotopic (exact) mass is 776 g/mol. The molecule has 5 N–H and O–H groups in total. The molecule has 2 aromatic heterocycles. The Morgan fingerprint density at radius 3 is 2.32 bits per heavy atom. The maximum atomic E-state index is 15.2. The molecular weight excluding hydrogens is 735 g/mol. The number of amides is 3. The number of hydrogen-bond donors (Lipinski definition) is 4. The fourth-order valence-corrected chi connectivity index (χ4v) is 8.45. The number of piperidine rings is 1. The zero-order chi connectivity index (χ0) is 39.3. The zero-order valence-corrected chi connectivity index (χ0v) is 31.0. The van der Waals surface area contributed by atoms with Crippen molar-refractivity contribution in [1.82, 2.24) is 35.7 Å². The minimum atomic E-state index is -3.76. The van der Waals surface area contributed by atoms with E-state index in [9.17, 15) is 14.4 Å². The quantitative estimate of drug-likeness (QED) is 0.109. The lowest BCUT2D eigenvalue weighted by molar-refractivity contribution is -0.144. The van der Waals surface area contributed by atoms with Crippen molar-refractivity contribution in [3.63, 3.8) is 0 Å². The van der Waals surface area contributed by atoms with Crippen molar-refractivity contribution < 1.29 is 27.9 Å². The van der Waals surface area contributed by atoms with Crippen LogP contribution in [0.1, 0.15) is 50.1 Å². The molecule has 0 radical (unpaired) electrons. The van der Waals surface area contributed by atoms with Gasteiger partial charge < -0.3 is 26.0 Å². The predicted molar refractivity (Wildman–Crippen MR) is 209 cm³/mol. The Hall–Kier alpha value is -6.00. The van der Waals surface area contributed by atoms with Crippen LogP contribution in [0, 0.1) is 0 Å². The summed E-state index contributed by atoms with van der Waals surface area (Å²) in [5.74, 6) is -4.53. The number of carbonyl (C=O) groups is 3. The van der Waals surface area contributed by atoms with E-state index in [1.165, 1.54) is 18.5 Å². The number of fused-ring (bicyclic) bond motifs is 2. The van der Waals surface area contributed by atoms with Gasteiger partial charge in [0.15, 0.2) is 5.65 Å². The average molecular weight is 777 g/mol. The molecule has 1 aliphatic carbocycles. The van der Waals surface area contributed by atoms with Crippen molar-refractivity contribution in [1.29, 1.82) is 0 Å². The first kappa shape index (κ1) is 36.6. The van der Waals surface area contributed by atoms with E-state index in [0.717, 1.165) is 77.5 Å². The first-order valence-corrected chi connectivity index (χ1v) is 19.4. The van der Waals surface area contributed by atoms with Crippen LogP contribution in [0.15, 0.2) is 79.1 Å². The summed E-state index contributed by atoms with van der Waals surface area (Å²) in [6.07, 6.45) is 5.31. The third-order valence-corrected chi connectivity index (χ3v) is 11.5. The molecule has 2 saturated heterocycles. The normalized spacial score (nSPS) is 22.1. The van der Waals surface area contributed by atoms with Crippen LogP contribution in [0.4, 0.5) is 26.0 Å². The van der Waals surface area contributed by atoms with Gasteiger partial charge in [-0.1, -0.05) is 18.2 Å². The molecule has 5 aromatic rings. The molecule has 1 atom stereocenters. The summed E-state index contributed by atoms with van der Waals surface area (Å²) in [6.45, 7) is 2.83. The van der Waals surface area contributed by atoms with Crippen molar-refractivity contribution in [2.24, 2.45) is 0 Å². The molecule has 1 unspecified atom stereocenters. The Morgan fingerprint density at radius 2 is 1.58 bits per heavy atom. The lowest BCUT2D eigenvalue weighted by atomic mass is 9.91. The van der Waals surface area contributed by atoms with Gasteiger partial charge in [-0.2, -0.15) is 13.9 Å². The predicted octanol–water partition coefficient (Wildman–Crippen LogP) is 4.66. The average Bonchev–Trinajstić information content (AvgIpc) is 3.68. The molecule has 3 aromatic carbocycles. The number of carbonyl (C=O) groups excluding carboxylic acids is 3. The highest BCUT2D eigenvalue weighted by Gasteiger charge is 2.56. The lowest BCUT2D eigenvalue weighted by Gasteiger charge is -2.42. The zero-order valence-electron chi connectivity index (χ0n) is 31.0. The van der Waals surface area contributed by atoms with E-state index >= 15 is 8.78 Å². The Bertz CT molecular complexity index is 2330. The van der Waals surface area contributed by atoms with E-state index in [-0.39, 0.29) is 30.6 Å². The van der Waals surface area contributed by atoms with Gasteiger partial charge in [0.25, 0.3) is 0 Å². The number of rotatable bonds is 11. The summed E-state index contributed by atoms with van der Waals surface area (Å²) in [7, 11) is 0. The molecule has 294 valence electrons. The number of imide groups is 1. The summed E-state index contributed by atoms with van der Waals surface area (Å²) in [4.78, 5) is 48.5. The van der Waals surface area contributed by atoms with Gasteiger partial charge in [0.1, 0.15) is 35.4 Å². The van der Waals surface area contributed by atoms with Crippen LogP contribution < -0.4 is 36.2 Å². The second-order valence-electron chi connectivity index (χ2n) is 15.1. The highest BCUT2D eigenvalue weighted by atomic mass is 19.3. The van der Waals surface area contributed by atoms with E-state index in [0.29, 0.717) is 30.6 Å². The van der Waals surface area contributed by atoms with Gasteiger partial charge in [0, 0.05) is 55.9 Å². The molecule has 3 amide bonds. The van der Waals surface area contributed by atoms with Crippen LogP contribution in [-0.2, 0) is 20.3 Å². The number of alkyl halides is 2. The fourth-order valence-electron chi connectivity index (χ4n) is 8.45. The van der Waals surface area contributed by atoms with Crippen LogP contribution >= 0.6 is 0 Å². The van der Waals surface area contributed by atoms with Gasteiger partial charge in [-0.05, 0) is 86.7 Å². The van der Waals surface area contributed by atoms with Gasteiger partial charge in [-0.15, -0.1) is 0 Å². The Kier molecular flexibility index (Phi) is 9.52.